The molecule has 4 nitrogen and oxygen atoms in total. The fraction of sp³-hybridized carbons (Fsp3) is 0.750. The van der Waals surface area contributed by atoms with Crippen LogP contribution in [0.1, 0.15) is 19.3 Å². The molecule has 0 saturated carbocycles. The Morgan fingerprint density at radius 1 is 1.50 bits per heavy atom. The molecule has 0 bridgehead atoms. The molecule has 0 aromatic rings. The molecule has 1 fully saturated rings. The largest absolute Gasteiger partial charge is 0.354 e. The second kappa shape index (κ2) is 4.88. The van der Waals surface area contributed by atoms with Crippen LogP contribution in [0.5, 0.6) is 0 Å². The summed E-state index contributed by atoms with van der Waals surface area (Å²) in [6, 6.07) is -0.806. The van der Waals surface area contributed by atoms with Crippen LogP contribution in [0.4, 0.5) is 8.78 Å². The average molecular weight is 206 g/mol. The Morgan fingerprint density at radius 3 is 2.86 bits per heavy atom. The van der Waals surface area contributed by atoms with Crippen molar-refractivity contribution >= 4 is 11.8 Å². The van der Waals surface area contributed by atoms with Gasteiger partial charge in [-0.15, -0.1) is 0 Å². The molecule has 0 aliphatic carbocycles. The molecule has 1 saturated heterocycles. The van der Waals surface area contributed by atoms with E-state index in [0.717, 1.165) is 12.8 Å². The van der Waals surface area contributed by atoms with E-state index in [0.29, 0.717) is 13.0 Å². The van der Waals surface area contributed by atoms with Crippen LogP contribution in [0.2, 0.25) is 0 Å². The van der Waals surface area contributed by atoms with Crippen LogP contribution < -0.4 is 10.6 Å². The normalized spacial score (nSPS) is 22.8. The summed E-state index contributed by atoms with van der Waals surface area (Å²) in [7, 11) is 0. The standard InChI is InChI=1S/C8H12F2N2O2/c9-6(10)8(14)12-5-3-1-2-4-11-7(5)13/h5-6H,1-4H2,(H,11,13)(H,12,14). The maximum absolute atomic E-state index is 11.9. The van der Waals surface area contributed by atoms with Gasteiger partial charge >= 0.3 is 6.43 Å². The summed E-state index contributed by atoms with van der Waals surface area (Å²) in [4.78, 5) is 21.8. The molecule has 2 amide bonds. The predicted molar refractivity (Wildman–Crippen MR) is 44.8 cm³/mol. The fourth-order valence-electron chi connectivity index (χ4n) is 1.31. The first-order chi connectivity index (χ1) is 6.61. The van der Waals surface area contributed by atoms with E-state index in [2.05, 4.69) is 5.32 Å². The number of hydrogen-bond acceptors (Lipinski definition) is 2. The fourth-order valence-corrected chi connectivity index (χ4v) is 1.31. The van der Waals surface area contributed by atoms with Gasteiger partial charge in [-0.2, -0.15) is 8.78 Å². The Kier molecular flexibility index (Phi) is 3.79. The lowest BCUT2D eigenvalue weighted by Crippen LogP contribution is -2.47. The van der Waals surface area contributed by atoms with Gasteiger partial charge in [0, 0.05) is 6.54 Å². The van der Waals surface area contributed by atoms with Crippen LogP contribution in [-0.4, -0.2) is 30.8 Å². The number of carbonyl (C=O) groups excluding carboxylic acids is 2. The molecule has 1 unspecified atom stereocenters. The van der Waals surface area contributed by atoms with Gasteiger partial charge in [0.15, 0.2) is 0 Å². The van der Waals surface area contributed by atoms with Gasteiger partial charge in [-0.05, 0) is 19.3 Å². The zero-order valence-corrected chi connectivity index (χ0v) is 7.56. The van der Waals surface area contributed by atoms with Gasteiger partial charge in [0.25, 0.3) is 5.91 Å². The molecule has 6 heteroatoms. The van der Waals surface area contributed by atoms with Crippen molar-refractivity contribution in [1.29, 1.82) is 0 Å². The molecule has 1 rings (SSSR count). The van der Waals surface area contributed by atoms with Gasteiger partial charge in [-0.3, -0.25) is 9.59 Å². The second-order valence-electron chi connectivity index (χ2n) is 3.15. The highest BCUT2D eigenvalue weighted by Gasteiger charge is 2.25. The summed E-state index contributed by atoms with van der Waals surface area (Å²) >= 11 is 0. The van der Waals surface area contributed by atoms with Crippen molar-refractivity contribution in [1.82, 2.24) is 10.6 Å². The summed E-state index contributed by atoms with van der Waals surface area (Å²) in [5.74, 6) is -1.76. The zero-order valence-electron chi connectivity index (χ0n) is 7.56. The van der Waals surface area contributed by atoms with Crippen molar-refractivity contribution in [3.8, 4) is 0 Å². The highest BCUT2D eigenvalue weighted by atomic mass is 19.3. The molecule has 0 aromatic carbocycles. The number of alkyl halides is 2. The van der Waals surface area contributed by atoms with Crippen LogP contribution in [0.15, 0.2) is 0 Å². The van der Waals surface area contributed by atoms with Crippen molar-refractivity contribution in [2.45, 2.75) is 31.7 Å². The first kappa shape index (κ1) is 10.9. The van der Waals surface area contributed by atoms with Gasteiger partial charge in [-0.25, -0.2) is 0 Å². The average Bonchev–Trinajstić information content (AvgIpc) is 2.32. The first-order valence-electron chi connectivity index (χ1n) is 4.47. The van der Waals surface area contributed by atoms with E-state index in [9.17, 15) is 18.4 Å². The molecule has 1 aliphatic rings. The van der Waals surface area contributed by atoms with Gasteiger partial charge in [0.1, 0.15) is 6.04 Å². The minimum Gasteiger partial charge on any atom is -0.354 e. The molecule has 14 heavy (non-hydrogen) atoms. The van der Waals surface area contributed by atoms with E-state index in [1.54, 1.807) is 0 Å². The Morgan fingerprint density at radius 2 is 2.21 bits per heavy atom. The van der Waals surface area contributed by atoms with E-state index in [-0.39, 0.29) is 5.91 Å². The minimum absolute atomic E-state index is 0.378. The topological polar surface area (TPSA) is 58.2 Å². The monoisotopic (exact) mass is 206 g/mol. The number of halogens is 2. The Labute approximate surface area is 80.0 Å². The quantitative estimate of drug-likeness (QED) is 0.670. The van der Waals surface area contributed by atoms with Crippen LogP contribution in [0.3, 0.4) is 0 Å². The summed E-state index contributed by atoms with van der Waals surface area (Å²) in [5.41, 5.74) is 0. The lowest BCUT2D eigenvalue weighted by Gasteiger charge is -2.14. The molecule has 2 N–H and O–H groups in total. The molecule has 1 atom stereocenters. The highest BCUT2D eigenvalue weighted by molar-refractivity contribution is 5.88. The van der Waals surface area contributed by atoms with Crippen molar-refractivity contribution < 1.29 is 18.4 Å². The number of nitrogens with one attached hydrogen (secondary N) is 2. The third kappa shape index (κ3) is 2.93. The van der Waals surface area contributed by atoms with Crippen LogP contribution in [0.25, 0.3) is 0 Å². The van der Waals surface area contributed by atoms with Crippen molar-refractivity contribution in [2.24, 2.45) is 0 Å². The van der Waals surface area contributed by atoms with E-state index in [4.69, 9.17) is 0 Å². The van der Waals surface area contributed by atoms with Gasteiger partial charge < -0.3 is 10.6 Å². The molecule has 0 radical (unpaired) electrons. The Hall–Kier alpha value is -1.20. The number of carbonyl (C=O) groups is 2. The lowest BCUT2D eigenvalue weighted by molar-refractivity contribution is -0.135. The number of hydrogen-bond donors (Lipinski definition) is 2. The zero-order chi connectivity index (χ0) is 10.6. The van der Waals surface area contributed by atoms with Crippen LogP contribution in [0, 0.1) is 0 Å². The molecule has 0 spiro atoms. The molecule has 80 valence electrons. The second-order valence-corrected chi connectivity index (χ2v) is 3.15. The SMILES string of the molecule is O=C(NC1CCCCNC1=O)C(F)F. The first-order valence-corrected chi connectivity index (χ1v) is 4.47. The minimum atomic E-state index is -3.06. The molecule has 0 aromatic heterocycles. The van der Waals surface area contributed by atoms with Crippen LogP contribution >= 0.6 is 0 Å². The summed E-state index contributed by atoms with van der Waals surface area (Å²) in [6.07, 6.45) is -1.09. The predicted octanol–water partition coefficient (Wildman–Crippen LogP) is 0.0364. The molecular weight excluding hydrogens is 194 g/mol. The smallest absolute Gasteiger partial charge is 0.315 e. The highest BCUT2D eigenvalue weighted by Crippen LogP contribution is 2.06. The third-order valence-corrected chi connectivity index (χ3v) is 2.05. The van der Waals surface area contributed by atoms with Crippen molar-refractivity contribution in [3.63, 3.8) is 0 Å². The summed E-state index contributed by atoms with van der Waals surface area (Å²) in [6.45, 7) is 0.542. The van der Waals surface area contributed by atoms with Crippen molar-refractivity contribution in [2.75, 3.05) is 6.54 Å². The number of rotatable bonds is 2. The lowest BCUT2D eigenvalue weighted by atomic mass is 10.1. The van der Waals surface area contributed by atoms with E-state index in [1.165, 1.54) is 0 Å². The van der Waals surface area contributed by atoms with E-state index < -0.39 is 18.4 Å². The van der Waals surface area contributed by atoms with Gasteiger partial charge in [-0.1, -0.05) is 0 Å². The summed E-state index contributed by atoms with van der Waals surface area (Å²) < 4.78 is 23.7. The third-order valence-electron chi connectivity index (χ3n) is 2.05. The maximum atomic E-state index is 11.9. The maximum Gasteiger partial charge on any atom is 0.315 e. The van der Waals surface area contributed by atoms with Crippen LogP contribution in [-0.2, 0) is 9.59 Å². The Bertz CT molecular complexity index is 233. The van der Waals surface area contributed by atoms with E-state index >= 15 is 0 Å². The molecule has 1 aliphatic heterocycles. The van der Waals surface area contributed by atoms with Gasteiger partial charge in [0.2, 0.25) is 5.91 Å². The van der Waals surface area contributed by atoms with Gasteiger partial charge in [0.05, 0.1) is 0 Å². The molecular formula is C8H12F2N2O2. The molecule has 1 heterocycles. The van der Waals surface area contributed by atoms with Crippen molar-refractivity contribution in [3.05, 3.63) is 0 Å². The number of amides is 2. The van der Waals surface area contributed by atoms with E-state index in [1.807, 2.05) is 5.32 Å². The Balaban J connectivity index is 2.48. The summed E-state index contributed by atoms with van der Waals surface area (Å²) in [5, 5.41) is 4.55.